The Kier molecular flexibility index (Phi) is 3.37. The van der Waals surface area contributed by atoms with E-state index in [2.05, 4.69) is 48.8 Å². The van der Waals surface area contributed by atoms with E-state index in [1.807, 2.05) is 0 Å². The van der Waals surface area contributed by atoms with Crippen LogP contribution in [0.25, 0.3) is 0 Å². The Bertz CT molecular complexity index is 305. The van der Waals surface area contributed by atoms with Gasteiger partial charge in [-0.15, -0.1) is 0 Å². The van der Waals surface area contributed by atoms with Crippen LogP contribution in [0.1, 0.15) is 30.9 Å². The molecule has 1 aromatic rings. The van der Waals surface area contributed by atoms with Crippen LogP contribution in [0.5, 0.6) is 5.75 Å². The van der Waals surface area contributed by atoms with Crippen LogP contribution in [0.2, 0.25) is 0 Å². The molecule has 0 bridgehead atoms. The average Bonchev–Trinajstić information content (AvgIpc) is 2.01. The van der Waals surface area contributed by atoms with E-state index < -0.39 is 0 Å². The summed E-state index contributed by atoms with van der Waals surface area (Å²) in [5.74, 6) is 1.45. The molecule has 2 heteroatoms. The second kappa shape index (κ2) is 4.14. The summed E-state index contributed by atoms with van der Waals surface area (Å²) in [6.07, 6.45) is 0. The molecule has 0 aliphatic heterocycles. The molecule has 0 heterocycles. The Labute approximate surface area is 88.2 Å². The van der Waals surface area contributed by atoms with E-state index in [1.54, 1.807) is 7.11 Å². The maximum absolute atomic E-state index is 5.34. The summed E-state index contributed by atoms with van der Waals surface area (Å²) < 4.78 is 6.48. The first kappa shape index (κ1) is 10.6. The molecule has 1 aromatic carbocycles. The van der Waals surface area contributed by atoms with Gasteiger partial charge in [0.15, 0.2) is 0 Å². The molecule has 0 aliphatic rings. The Morgan fingerprint density at radius 2 is 1.92 bits per heavy atom. The first-order chi connectivity index (χ1) is 6.06. The molecule has 0 radical (unpaired) electrons. The Hall–Kier alpha value is -0.500. The average molecular weight is 243 g/mol. The largest absolute Gasteiger partial charge is 0.496 e. The SMILES string of the molecule is COc1cc(C)cc(Br)c1C(C)C. The van der Waals surface area contributed by atoms with Crippen molar-refractivity contribution in [1.29, 1.82) is 0 Å². The lowest BCUT2D eigenvalue weighted by molar-refractivity contribution is 0.406. The smallest absolute Gasteiger partial charge is 0.123 e. The number of methoxy groups -OCH3 is 1. The zero-order chi connectivity index (χ0) is 10.0. The van der Waals surface area contributed by atoms with Gasteiger partial charge in [0.1, 0.15) is 5.75 Å². The third-order valence-corrected chi connectivity index (χ3v) is 2.69. The van der Waals surface area contributed by atoms with Crippen molar-refractivity contribution in [2.24, 2.45) is 0 Å². The summed E-state index contributed by atoms with van der Waals surface area (Å²) in [5.41, 5.74) is 2.46. The second-order valence-corrected chi connectivity index (χ2v) is 4.37. The van der Waals surface area contributed by atoms with Crippen molar-refractivity contribution in [3.05, 3.63) is 27.7 Å². The highest BCUT2D eigenvalue weighted by atomic mass is 79.9. The molecule has 13 heavy (non-hydrogen) atoms. The molecule has 0 aromatic heterocycles. The molecule has 0 spiro atoms. The van der Waals surface area contributed by atoms with Crippen molar-refractivity contribution in [1.82, 2.24) is 0 Å². The van der Waals surface area contributed by atoms with Crippen molar-refractivity contribution in [2.75, 3.05) is 7.11 Å². The molecule has 1 nitrogen and oxygen atoms in total. The number of aryl methyl sites for hydroxylation is 1. The predicted octanol–water partition coefficient (Wildman–Crippen LogP) is 3.89. The highest BCUT2D eigenvalue weighted by Gasteiger charge is 2.11. The van der Waals surface area contributed by atoms with Gasteiger partial charge in [-0.05, 0) is 30.5 Å². The van der Waals surface area contributed by atoms with Gasteiger partial charge < -0.3 is 4.74 Å². The molecule has 0 saturated heterocycles. The molecule has 0 saturated carbocycles. The molecule has 0 fully saturated rings. The summed E-state index contributed by atoms with van der Waals surface area (Å²) in [6.45, 7) is 6.40. The Balaban J connectivity index is 3.30. The molecular weight excluding hydrogens is 228 g/mol. The van der Waals surface area contributed by atoms with E-state index in [4.69, 9.17) is 4.74 Å². The van der Waals surface area contributed by atoms with E-state index >= 15 is 0 Å². The lowest BCUT2D eigenvalue weighted by Crippen LogP contribution is -1.96. The van der Waals surface area contributed by atoms with E-state index in [0.717, 1.165) is 10.2 Å². The second-order valence-electron chi connectivity index (χ2n) is 3.52. The topological polar surface area (TPSA) is 9.23 Å². The first-order valence-electron chi connectivity index (χ1n) is 4.40. The van der Waals surface area contributed by atoms with Gasteiger partial charge in [0.25, 0.3) is 0 Å². The zero-order valence-corrected chi connectivity index (χ0v) is 10.1. The molecular formula is C11H15BrO. The van der Waals surface area contributed by atoms with Crippen molar-refractivity contribution in [3.8, 4) is 5.75 Å². The number of hydrogen-bond acceptors (Lipinski definition) is 1. The maximum atomic E-state index is 5.34. The predicted molar refractivity (Wildman–Crippen MR) is 59.5 cm³/mol. The lowest BCUT2D eigenvalue weighted by Gasteiger charge is -2.14. The van der Waals surface area contributed by atoms with Crippen molar-refractivity contribution in [2.45, 2.75) is 26.7 Å². The molecule has 0 unspecified atom stereocenters. The Morgan fingerprint density at radius 3 is 2.38 bits per heavy atom. The molecule has 72 valence electrons. The summed E-state index contributed by atoms with van der Waals surface area (Å²) in [7, 11) is 1.72. The van der Waals surface area contributed by atoms with Crippen molar-refractivity contribution >= 4 is 15.9 Å². The molecule has 0 atom stereocenters. The van der Waals surface area contributed by atoms with Crippen LogP contribution in [0.4, 0.5) is 0 Å². The fourth-order valence-electron chi connectivity index (χ4n) is 1.45. The van der Waals surface area contributed by atoms with Crippen LogP contribution in [-0.2, 0) is 0 Å². The van der Waals surface area contributed by atoms with Crippen LogP contribution in [0.15, 0.2) is 16.6 Å². The van der Waals surface area contributed by atoms with Gasteiger partial charge in [-0.1, -0.05) is 29.8 Å². The third kappa shape index (κ3) is 2.25. The van der Waals surface area contributed by atoms with Crippen LogP contribution in [0, 0.1) is 6.92 Å². The molecule has 0 aliphatic carbocycles. The van der Waals surface area contributed by atoms with Gasteiger partial charge in [0.05, 0.1) is 7.11 Å². The minimum atomic E-state index is 0.477. The Morgan fingerprint density at radius 1 is 1.31 bits per heavy atom. The zero-order valence-electron chi connectivity index (χ0n) is 8.52. The summed E-state index contributed by atoms with van der Waals surface area (Å²) in [6, 6.07) is 4.19. The molecule has 0 N–H and O–H groups in total. The minimum Gasteiger partial charge on any atom is -0.496 e. The fraction of sp³-hybridized carbons (Fsp3) is 0.455. The van der Waals surface area contributed by atoms with Crippen LogP contribution >= 0.6 is 15.9 Å². The van der Waals surface area contributed by atoms with Crippen LogP contribution in [-0.4, -0.2) is 7.11 Å². The highest BCUT2D eigenvalue weighted by molar-refractivity contribution is 9.10. The lowest BCUT2D eigenvalue weighted by atomic mass is 10.0. The highest BCUT2D eigenvalue weighted by Crippen LogP contribution is 2.34. The van der Waals surface area contributed by atoms with Gasteiger partial charge in [-0.25, -0.2) is 0 Å². The van der Waals surface area contributed by atoms with E-state index in [-0.39, 0.29) is 0 Å². The number of ether oxygens (including phenoxy) is 1. The van der Waals surface area contributed by atoms with Gasteiger partial charge in [0, 0.05) is 10.0 Å². The normalized spacial score (nSPS) is 10.6. The van der Waals surface area contributed by atoms with Crippen molar-refractivity contribution < 1.29 is 4.74 Å². The van der Waals surface area contributed by atoms with Crippen LogP contribution < -0.4 is 4.74 Å². The van der Waals surface area contributed by atoms with E-state index in [1.165, 1.54) is 11.1 Å². The summed E-state index contributed by atoms with van der Waals surface area (Å²) >= 11 is 3.56. The third-order valence-electron chi connectivity index (χ3n) is 2.03. The van der Waals surface area contributed by atoms with Gasteiger partial charge in [-0.3, -0.25) is 0 Å². The van der Waals surface area contributed by atoms with Gasteiger partial charge in [0.2, 0.25) is 0 Å². The quantitative estimate of drug-likeness (QED) is 0.765. The fourth-order valence-corrected chi connectivity index (χ4v) is 2.47. The minimum absolute atomic E-state index is 0.477. The van der Waals surface area contributed by atoms with E-state index in [9.17, 15) is 0 Å². The summed E-state index contributed by atoms with van der Waals surface area (Å²) in [4.78, 5) is 0. The summed E-state index contributed by atoms with van der Waals surface area (Å²) in [5, 5.41) is 0. The molecule has 0 amide bonds. The first-order valence-corrected chi connectivity index (χ1v) is 5.19. The van der Waals surface area contributed by atoms with Gasteiger partial charge in [-0.2, -0.15) is 0 Å². The number of benzene rings is 1. The van der Waals surface area contributed by atoms with Crippen LogP contribution in [0.3, 0.4) is 0 Å². The standard InChI is InChI=1S/C11H15BrO/c1-7(2)11-9(12)5-8(3)6-10(11)13-4/h5-7H,1-4H3. The monoisotopic (exact) mass is 242 g/mol. The molecule has 1 rings (SSSR count). The maximum Gasteiger partial charge on any atom is 0.123 e. The van der Waals surface area contributed by atoms with Gasteiger partial charge >= 0.3 is 0 Å². The number of rotatable bonds is 2. The number of halogens is 1. The van der Waals surface area contributed by atoms with E-state index in [0.29, 0.717) is 5.92 Å². The van der Waals surface area contributed by atoms with Crippen molar-refractivity contribution in [3.63, 3.8) is 0 Å². The number of hydrogen-bond donors (Lipinski definition) is 0.